The number of nitrogens with one attached hydrogen (secondary N) is 1. The van der Waals surface area contributed by atoms with Crippen molar-refractivity contribution in [2.45, 2.75) is 26.4 Å². The normalized spacial score (nSPS) is 11.9. The van der Waals surface area contributed by atoms with Crippen LogP contribution in [0, 0.1) is 0 Å². The van der Waals surface area contributed by atoms with Crippen molar-refractivity contribution < 1.29 is 22.7 Å². The predicted molar refractivity (Wildman–Crippen MR) is 145 cm³/mol. The van der Waals surface area contributed by atoms with Crippen molar-refractivity contribution >= 4 is 39.1 Å². The summed E-state index contributed by atoms with van der Waals surface area (Å²) in [5.41, 5.74) is 0.932. The molecule has 0 aromatic heterocycles. The monoisotopic (exact) mass is 543 g/mol. The van der Waals surface area contributed by atoms with Gasteiger partial charge in [-0.2, -0.15) is 0 Å². The maximum absolute atomic E-state index is 13.5. The van der Waals surface area contributed by atoms with Crippen molar-refractivity contribution in [3.05, 3.63) is 89.4 Å². The number of likely N-dealkylation sites (N-methyl/N-ethyl adjacent to an activating group) is 1. The number of sulfonamides is 1. The summed E-state index contributed by atoms with van der Waals surface area (Å²) in [6, 6.07) is 21.7. The number of anilines is 1. The summed E-state index contributed by atoms with van der Waals surface area (Å²) in [5, 5.41) is 3.15. The summed E-state index contributed by atoms with van der Waals surface area (Å²) in [6.07, 6.45) is 1.03. The lowest BCUT2D eigenvalue weighted by atomic mass is 10.1. The van der Waals surface area contributed by atoms with Gasteiger partial charge in [0.15, 0.2) is 0 Å². The first-order valence-corrected chi connectivity index (χ1v) is 13.9. The second-order valence-electron chi connectivity index (χ2n) is 8.36. The Morgan fingerprint density at radius 3 is 2.14 bits per heavy atom. The maximum atomic E-state index is 13.5. The highest BCUT2D eigenvalue weighted by molar-refractivity contribution is 7.92. The van der Waals surface area contributed by atoms with Gasteiger partial charge in [0.1, 0.15) is 24.1 Å². The van der Waals surface area contributed by atoms with Crippen LogP contribution in [0.15, 0.2) is 78.9 Å². The van der Waals surface area contributed by atoms with Crippen LogP contribution >= 0.6 is 11.6 Å². The Kier molecular flexibility index (Phi) is 9.54. The van der Waals surface area contributed by atoms with E-state index < -0.39 is 28.5 Å². The molecule has 2 amide bonds. The molecule has 0 saturated heterocycles. The topological polar surface area (TPSA) is 96.0 Å². The molecule has 1 N–H and O–H groups in total. The quantitative estimate of drug-likeness (QED) is 0.385. The molecule has 0 aliphatic carbocycles. The van der Waals surface area contributed by atoms with E-state index in [0.29, 0.717) is 34.3 Å². The minimum atomic E-state index is -3.84. The average molecular weight is 544 g/mol. The lowest BCUT2D eigenvalue weighted by Gasteiger charge is -2.31. The fraction of sp³-hybridized carbons (Fsp3) is 0.259. The van der Waals surface area contributed by atoms with Gasteiger partial charge in [-0.3, -0.25) is 13.9 Å². The number of carbonyl (C=O) groups excluding carboxylic acids is 2. The van der Waals surface area contributed by atoms with Crippen LogP contribution in [0.25, 0.3) is 0 Å². The first-order chi connectivity index (χ1) is 17.6. The molecule has 0 bridgehead atoms. The number of ether oxygens (including phenoxy) is 1. The third-order valence-corrected chi connectivity index (χ3v) is 7.11. The Hall–Kier alpha value is -3.56. The number of benzene rings is 3. The first-order valence-electron chi connectivity index (χ1n) is 11.7. The highest BCUT2D eigenvalue weighted by Gasteiger charge is 2.30. The van der Waals surface area contributed by atoms with Gasteiger partial charge in [0.25, 0.3) is 0 Å². The standard InChI is InChI=1S/C27H30ClN3O5S/c1-4-29-27(33)20(2)30(18-21-10-8-9-13-25(21)28)26(32)19-31(37(3,34)35)22-14-16-24(17-15-22)36-23-11-6-5-7-12-23/h5-17,20H,4,18-19H2,1-3H3,(H,29,33). The van der Waals surface area contributed by atoms with Crippen molar-refractivity contribution in [2.24, 2.45) is 0 Å². The van der Waals surface area contributed by atoms with Gasteiger partial charge in [0.2, 0.25) is 21.8 Å². The van der Waals surface area contributed by atoms with Crippen molar-refractivity contribution in [1.82, 2.24) is 10.2 Å². The number of carbonyl (C=O) groups is 2. The summed E-state index contributed by atoms with van der Waals surface area (Å²) in [4.78, 5) is 27.5. The molecule has 1 atom stereocenters. The number of halogens is 1. The van der Waals surface area contributed by atoms with E-state index in [4.69, 9.17) is 16.3 Å². The summed E-state index contributed by atoms with van der Waals surface area (Å²) in [6.45, 7) is 3.32. The molecule has 196 valence electrons. The Morgan fingerprint density at radius 2 is 1.54 bits per heavy atom. The van der Waals surface area contributed by atoms with Crippen LogP contribution in [0.2, 0.25) is 5.02 Å². The molecule has 37 heavy (non-hydrogen) atoms. The van der Waals surface area contributed by atoms with E-state index in [-0.39, 0.29) is 12.5 Å². The molecule has 0 radical (unpaired) electrons. The maximum Gasteiger partial charge on any atom is 0.244 e. The molecule has 10 heteroatoms. The lowest BCUT2D eigenvalue weighted by molar-refractivity contribution is -0.139. The van der Waals surface area contributed by atoms with Crippen molar-refractivity contribution in [3.63, 3.8) is 0 Å². The highest BCUT2D eigenvalue weighted by atomic mass is 35.5. The Labute approximate surface area is 222 Å². The van der Waals surface area contributed by atoms with E-state index in [1.54, 1.807) is 74.5 Å². The summed E-state index contributed by atoms with van der Waals surface area (Å²) in [5.74, 6) is 0.254. The fourth-order valence-corrected chi connectivity index (χ4v) is 4.68. The van der Waals surface area contributed by atoms with E-state index in [2.05, 4.69) is 5.32 Å². The number of rotatable bonds is 11. The summed E-state index contributed by atoms with van der Waals surface area (Å²) >= 11 is 6.31. The number of nitrogens with zero attached hydrogens (tertiary/aromatic N) is 2. The van der Waals surface area contributed by atoms with Crippen LogP contribution in [0.3, 0.4) is 0 Å². The zero-order valence-corrected chi connectivity index (χ0v) is 22.5. The molecule has 0 aliphatic heterocycles. The average Bonchev–Trinajstić information content (AvgIpc) is 2.87. The van der Waals surface area contributed by atoms with E-state index in [1.165, 1.54) is 4.90 Å². The molecule has 0 heterocycles. The molecular weight excluding hydrogens is 514 g/mol. The van der Waals surface area contributed by atoms with Crippen molar-refractivity contribution in [2.75, 3.05) is 23.7 Å². The molecule has 1 unspecified atom stereocenters. The molecule has 3 aromatic rings. The Morgan fingerprint density at radius 1 is 0.946 bits per heavy atom. The van der Waals surface area contributed by atoms with Crippen LogP contribution < -0.4 is 14.4 Å². The van der Waals surface area contributed by atoms with Gasteiger partial charge in [-0.15, -0.1) is 0 Å². The van der Waals surface area contributed by atoms with Crippen LogP contribution in [0.1, 0.15) is 19.4 Å². The van der Waals surface area contributed by atoms with Gasteiger partial charge >= 0.3 is 0 Å². The summed E-state index contributed by atoms with van der Waals surface area (Å²) in [7, 11) is -3.84. The van der Waals surface area contributed by atoms with Gasteiger partial charge in [-0.1, -0.05) is 48.0 Å². The first kappa shape index (κ1) is 28.0. The van der Waals surface area contributed by atoms with Gasteiger partial charge in [-0.25, -0.2) is 8.42 Å². The van der Waals surface area contributed by atoms with Crippen LogP contribution in [-0.4, -0.2) is 50.5 Å². The second-order valence-corrected chi connectivity index (χ2v) is 10.7. The number of amides is 2. The van der Waals surface area contributed by atoms with Crippen molar-refractivity contribution in [1.29, 1.82) is 0 Å². The minimum absolute atomic E-state index is 0.0399. The number of para-hydroxylation sites is 1. The SMILES string of the molecule is CCNC(=O)C(C)N(Cc1ccccc1Cl)C(=O)CN(c1ccc(Oc2ccccc2)cc1)S(C)(=O)=O. The lowest BCUT2D eigenvalue weighted by Crippen LogP contribution is -2.51. The summed E-state index contributed by atoms with van der Waals surface area (Å²) < 4.78 is 32.2. The minimum Gasteiger partial charge on any atom is -0.457 e. The van der Waals surface area contributed by atoms with E-state index in [0.717, 1.165) is 10.6 Å². The highest BCUT2D eigenvalue weighted by Crippen LogP contribution is 2.26. The molecule has 0 aliphatic rings. The zero-order chi connectivity index (χ0) is 27.0. The molecular formula is C27H30ClN3O5S. The van der Waals surface area contributed by atoms with Crippen LogP contribution in [0.4, 0.5) is 5.69 Å². The third-order valence-electron chi connectivity index (χ3n) is 5.60. The van der Waals surface area contributed by atoms with Crippen LogP contribution in [0.5, 0.6) is 11.5 Å². The number of hydrogen-bond acceptors (Lipinski definition) is 5. The largest absolute Gasteiger partial charge is 0.457 e. The van der Waals surface area contributed by atoms with Gasteiger partial charge < -0.3 is 15.0 Å². The Bertz CT molecular complexity index is 1320. The Balaban J connectivity index is 1.86. The van der Waals surface area contributed by atoms with E-state index in [1.807, 2.05) is 18.2 Å². The molecule has 0 spiro atoms. The number of hydrogen-bond donors (Lipinski definition) is 1. The molecule has 0 fully saturated rings. The molecule has 3 rings (SSSR count). The predicted octanol–water partition coefficient (Wildman–Crippen LogP) is 4.45. The van der Waals surface area contributed by atoms with Gasteiger partial charge in [-0.05, 0) is 61.9 Å². The van der Waals surface area contributed by atoms with Gasteiger partial charge in [0.05, 0.1) is 11.9 Å². The molecule has 3 aromatic carbocycles. The molecule has 0 saturated carbocycles. The third kappa shape index (κ3) is 7.71. The fourth-order valence-electron chi connectivity index (χ4n) is 3.63. The van der Waals surface area contributed by atoms with Gasteiger partial charge in [0, 0.05) is 18.1 Å². The smallest absolute Gasteiger partial charge is 0.244 e. The molecule has 8 nitrogen and oxygen atoms in total. The second kappa shape index (κ2) is 12.6. The zero-order valence-electron chi connectivity index (χ0n) is 20.9. The van der Waals surface area contributed by atoms with Crippen molar-refractivity contribution in [3.8, 4) is 11.5 Å². The van der Waals surface area contributed by atoms with E-state index >= 15 is 0 Å². The van der Waals surface area contributed by atoms with Crippen LogP contribution in [-0.2, 0) is 26.2 Å². The van der Waals surface area contributed by atoms with E-state index in [9.17, 15) is 18.0 Å².